The van der Waals surface area contributed by atoms with Crippen LogP contribution in [0.2, 0.25) is 0 Å². The third-order valence-electron chi connectivity index (χ3n) is 2.03. The second kappa shape index (κ2) is 6.15. The first-order valence-electron chi connectivity index (χ1n) is 5.84. The molecule has 0 amide bonds. The molecule has 3 heteroatoms. The Kier molecular flexibility index (Phi) is 4.84. The Morgan fingerprint density at radius 3 is 2.28 bits per heavy atom. The quantitative estimate of drug-likeness (QED) is 0.606. The molecule has 0 N–H and O–H groups in total. The Labute approximate surface area is 107 Å². The molecule has 0 radical (unpaired) electrons. The van der Waals surface area contributed by atoms with Gasteiger partial charge < -0.3 is 4.74 Å². The van der Waals surface area contributed by atoms with Crippen molar-refractivity contribution in [2.75, 3.05) is 0 Å². The third-order valence-corrected chi connectivity index (χ3v) is 2.03. The lowest BCUT2D eigenvalue weighted by Gasteiger charge is -2.17. The van der Waals surface area contributed by atoms with E-state index in [1.165, 1.54) is 12.2 Å². The van der Waals surface area contributed by atoms with Gasteiger partial charge in [-0.15, -0.1) is 0 Å². The van der Waals surface area contributed by atoms with Crippen molar-refractivity contribution in [3.8, 4) is 0 Å². The number of esters is 1. The minimum atomic E-state index is -0.538. The van der Waals surface area contributed by atoms with Crippen LogP contribution in [0.1, 0.15) is 26.3 Å². The fourth-order valence-corrected chi connectivity index (χ4v) is 1.35. The van der Waals surface area contributed by atoms with Crippen LogP contribution in [0, 0.1) is 0 Å². The van der Waals surface area contributed by atoms with Crippen molar-refractivity contribution in [3.63, 3.8) is 0 Å². The number of hydrogen-bond acceptors (Lipinski definition) is 3. The van der Waals surface area contributed by atoms with E-state index >= 15 is 0 Å². The molecular weight excluding hydrogens is 228 g/mol. The van der Waals surface area contributed by atoms with Crippen LogP contribution in [0.5, 0.6) is 0 Å². The van der Waals surface area contributed by atoms with E-state index in [2.05, 4.69) is 0 Å². The molecule has 0 saturated heterocycles. The van der Waals surface area contributed by atoms with Crippen LogP contribution in [0.4, 0.5) is 0 Å². The predicted octanol–water partition coefficient (Wildman–Crippen LogP) is 2.70. The van der Waals surface area contributed by atoms with Crippen LogP contribution in [0.15, 0.2) is 42.5 Å². The molecule has 0 aliphatic carbocycles. The topological polar surface area (TPSA) is 43.4 Å². The number of allylic oxidation sites excluding steroid dienone is 1. The Morgan fingerprint density at radius 1 is 1.11 bits per heavy atom. The SMILES string of the molecule is CC(C)(C)OC(=O)/C=C/C(=O)Cc1ccccc1. The highest BCUT2D eigenvalue weighted by Gasteiger charge is 2.14. The van der Waals surface area contributed by atoms with Crippen molar-refractivity contribution in [3.05, 3.63) is 48.0 Å². The summed E-state index contributed by atoms with van der Waals surface area (Å²) in [5.74, 6) is -0.615. The van der Waals surface area contributed by atoms with Gasteiger partial charge >= 0.3 is 5.97 Å². The molecule has 1 aromatic rings. The van der Waals surface area contributed by atoms with E-state index in [4.69, 9.17) is 4.74 Å². The van der Waals surface area contributed by atoms with Gasteiger partial charge in [0.05, 0.1) is 0 Å². The summed E-state index contributed by atoms with van der Waals surface area (Å²) < 4.78 is 5.06. The summed E-state index contributed by atoms with van der Waals surface area (Å²) in [6, 6.07) is 9.39. The van der Waals surface area contributed by atoms with Gasteiger partial charge in [0.1, 0.15) is 5.60 Å². The van der Waals surface area contributed by atoms with E-state index in [1.54, 1.807) is 20.8 Å². The maximum atomic E-state index is 11.6. The Morgan fingerprint density at radius 2 is 1.72 bits per heavy atom. The summed E-state index contributed by atoms with van der Waals surface area (Å²) in [4.78, 5) is 22.9. The van der Waals surface area contributed by atoms with Crippen LogP contribution >= 0.6 is 0 Å². The minimum absolute atomic E-state index is 0.118. The van der Waals surface area contributed by atoms with Gasteiger partial charge in [0.25, 0.3) is 0 Å². The number of hydrogen-bond donors (Lipinski definition) is 0. The lowest BCUT2D eigenvalue weighted by molar-refractivity contribution is -0.148. The van der Waals surface area contributed by atoms with E-state index in [9.17, 15) is 9.59 Å². The smallest absolute Gasteiger partial charge is 0.331 e. The monoisotopic (exact) mass is 246 g/mol. The lowest BCUT2D eigenvalue weighted by Crippen LogP contribution is -2.22. The van der Waals surface area contributed by atoms with Crippen LogP contribution in [0.25, 0.3) is 0 Å². The van der Waals surface area contributed by atoms with Crippen LogP contribution in [-0.2, 0) is 20.7 Å². The summed E-state index contributed by atoms with van der Waals surface area (Å²) in [6.45, 7) is 5.35. The fraction of sp³-hybridized carbons (Fsp3) is 0.333. The first kappa shape index (κ1) is 14.2. The van der Waals surface area contributed by atoms with Gasteiger partial charge in [-0.25, -0.2) is 4.79 Å². The summed E-state index contributed by atoms with van der Waals surface area (Å²) in [6.07, 6.45) is 2.73. The van der Waals surface area contributed by atoms with Crippen LogP contribution in [0.3, 0.4) is 0 Å². The van der Waals surface area contributed by atoms with E-state index < -0.39 is 11.6 Å². The number of ketones is 1. The van der Waals surface area contributed by atoms with E-state index in [0.717, 1.165) is 5.56 Å². The van der Waals surface area contributed by atoms with Gasteiger partial charge in [0.2, 0.25) is 0 Å². The van der Waals surface area contributed by atoms with Crippen molar-refractivity contribution in [1.29, 1.82) is 0 Å². The van der Waals surface area contributed by atoms with Gasteiger partial charge in [-0.05, 0) is 32.4 Å². The molecule has 3 nitrogen and oxygen atoms in total. The largest absolute Gasteiger partial charge is 0.457 e. The van der Waals surface area contributed by atoms with Gasteiger partial charge in [-0.3, -0.25) is 4.79 Å². The standard InChI is InChI=1S/C15H18O3/c1-15(2,3)18-14(17)10-9-13(16)11-12-7-5-4-6-8-12/h4-10H,11H2,1-3H3/b10-9+. The van der Waals surface area contributed by atoms with Crippen molar-refractivity contribution in [2.45, 2.75) is 32.8 Å². The molecule has 0 unspecified atom stereocenters. The lowest BCUT2D eigenvalue weighted by atomic mass is 10.1. The number of benzene rings is 1. The zero-order valence-electron chi connectivity index (χ0n) is 11.0. The molecule has 0 atom stereocenters. The zero-order valence-corrected chi connectivity index (χ0v) is 11.0. The van der Waals surface area contributed by atoms with Crippen LogP contribution in [-0.4, -0.2) is 17.4 Å². The number of carbonyl (C=O) groups excluding carboxylic acids is 2. The maximum Gasteiger partial charge on any atom is 0.331 e. The molecule has 0 bridgehead atoms. The fourth-order valence-electron chi connectivity index (χ4n) is 1.35. The number of carbonyl (C=O) groups is 2. The molecule has 0 saturated carbocycles. The first-order chi connectivity index (χ1) is 8.37. The molecule has 0 fully saturated rings. The molecule has 0 aromatic heterocycles. The van der Waals surface area contributed by atoms with Gasteiger partial charge in [-0.1, -0.05) is 30.3 Å². The van der Waals surface area contributed by atoms with Crippen LogP contribution < -0.4 is 0 Å². The average molecular weight is 246 g/mol. The maximum absolute atomic E-state index is 11.6. The molecule has 0 aliphatic rings. The molecule has 0 aliphatic heterocycles. The Hall–Kier alpha value is -1.90. The highest BCUT2D eigenvalue weighted by atomic mass is 16.6. The van der Waals surface area contributed by atoms with E-state index in [-0.39, 0.29) is 5.78 Å². The molecule has 96 valence electrons. The summed E-state index contributed by atoms with van der Waals surface area (Å²) in [5.41, 5.74) is 0.389. The third kappa shape index (κ3) is 5.99. The predicted molar refractivity (Wildman–Crippen MR) is 70.1 cm³/mol. The highest BCUT2D eigenvalue weighted by molar-refractivity contribution is 5.96. The molecule has 0 heterocycles. The second-order valence-electron chi connectivity index (χ2n) is 5.00. The molecular formula is C15H18O3. The van der Waals surface area contributed by atoms with E-state index in [0.29, 0.717) is 6.42 Å². The van der Waals surface area contributed by atoms with Gasteiger partial charge in [-0.2, -0.15) is 0 Å². The Balaban J connectivity index is 2.48. The summed E-state index contributed by atoms with van der Waals surface area (Å²) >= 11 is 0. The van der Waals surface area contributed by atoms with Crippen molar-refractivity contribution in [1.82, 2.24) is 0 Å². The molecule has 0 spiro atoms. The minimum Gasteiger partial charge on any atom is -0.457 e. The second-order valence-corrected chi connectivity index (χ2v) is 5.00. The Bertz CT molecular complexity index is 439. The summed E-state index contributed by atoms with van der Waals surface area (Å²) in [5, 5.41) is 0. The first-order valence-corrected chi connectivity index (χ1v) is 5.84. The number of rotatable bonds is 4. The zero-order chi connectivity index (χ0) is 13.6. The van der Waals surface area contributed by atoms with Gasteiger partial charge in [0.15, 0.2) is 5.78 Å². The van der Waals surface area contributed by atoms with Crippen molar-refractivity contribution in [2.24, 2.45) is 0 Å². The number of ether oxygens (including phenoxy) is 1. The van der Waals surface area contributed by atoms with Crippen molar-refractivity contribution < 1.29 is 14.3 Å². The average Bonchev–Trinajstić information content (AvgIpc) is 2.25. The molecule has 18 heavy (non-hydrogen) atoms. The normalized spacial score (nSPS) is 11.5. The molecule has 1 aromatic carbocycles. The van der Waals surface area contributed by atoms with E-state index in [1.807, 2.05) is 30.3 Å². The van der Waals surface area contributed by atoms with Crippen molar-refractivity contribution >= 4 is 11.8 Å². The highest BCUT2D eigenvalue weighted by Crippen LogP contribution is 2.07. The summed E-state index contributed by atoms with van der Waals surface area (Å²) in [7, 11) is 0. The molecule has 1 rings (SSSR count). The van der Waals surface area contributed by atoms with Gasteiger partial charge in [0, 0.05) is 12.5 Å².